The normalized spacial score (nSPS) is 24.1. The molecule has 1 rings (SSSR count). The topological polar surface area (TPSA) is 37.3 Å². The van der Waals surface area contributed by atoms with Crippen molar-refractivity contribution in [2.24, 2.45) is 0 Å². The first-order valence-corrected chi connectivity index (χ1v) is 2.57. The van der Waals surface area contributed by atoms with E-state index in [4.69, 9.17) is 5.11 Å². The summed E-state index contributed by atoms with van der Waals surface area (Å²) in [5, 5.41) is 8.12. The quantitative estimate of drug-likeness (QED) is 0.556. The molecule has 1 fully saturated rings. The Hall–Kier alpha value is -0.600. The number of hydrogen-bond acceptors (Lipinski definition) is 1. The third-order valence-electron chi connectivity index (χ3n) is 1.53. The van der Waals surface area contributed by atoms with Gasteiger partial charge in [0.15, 0.2) is 0 Å². The minimum absolute atomic E-state index is 0.197. The minimum Gasteiger partial charge on any atom is -0.479 e. The summed E-state index contributed by atoms with van der Waals surface area (Å²) in [6.07, 6.45) is 1.10. The van der Waals surface area contributed by atoms with Crippen molar-refractivity contribution in [3.63, 3.8) is 0 Å². The highest BCUT2D eigenvalue weighted by atomic mass is 19.1. The van der Waals surface area contributed by atoms with E-state index in [1.165, 1.54) is 0 Å². The average molecular weight is 118 g/mol. The zero-order valence-electron chi connectivity index (χ0n) is 4.35. The molecule has 0 heterocycles. The molecule has 0 aromatic heterocycles. The van der Waals surface area contributed by atoms with Gasteiger partial charge in [-0.3, -0.25) is 0 Å². The van der Waals surface area contributed by atoms with Crippen molar-refractivity contribution in [1.29, 1.82) is 0 Å². The predicted molar refractivity (Wildman–Crippen MR) is 25.3 cm³/mol. The molecule has 1 N–H and O–H groups in total. The molecule has 0 saturated heterocycles. The van der Waals surface area contributed by atoms with Crippen LogP contribution in [0.1, 0.15) is 19.3 Å². The first-order chi connectivity index (χ1) is 3.65. The predicted octanol–water partition coefficient (Wildman–Crippen LogP) is 0.963. The van der Waals surface area contributed by atoms with E-state index in [0.717, 1.165) is 0 Å². The van der Waals surface area contributed by atoms with Crippen molar-refractivity contribution in [3.8, 4) is 0 Å². The van der Waals surface area contributed by atoms with E-state index in [1.54, 1.807) is 0 Å². The molecule has 1 aliphatic carbocycles. The molecule has 0 unspecified atom stereocenters. The molecule has 0 radical (unpaired) electrons. The monoisotopic (exact) mass is 118 g/mol. The van der Waals surface area contributed by atoms with Gasteiger partial charge in [-0.2, -0.15) is 0 Å². The van der Waals surface area contributed by atoms with Crippen molar-refractivity contribution in [3.05, 3.63) is 0 Å². The molecule has 0 spiro atoms. The van der Waals surface area contributed by atoms with Gasteiger partial charge in [-0.25, -0.2) is 9.18 Å². The number of aliphatic carboxylic acids is 1. The fourth-order valence-corrected chi connectivity index (χ4v) is 0.701. The molecule has 0 amide bonds. The zero-order valence-corrected chi connectivity index (χ0v) is 4.35. The molecule has 0 atom stereocenters. The van der Waals surface area contributed by atoms with Gasteiger partial charge in [0.05, 0.1) is 0 Å². The number of carboxylic acid groups (broad SMARTS) is 1. The number of alkyl halides is 1. The number of halogens is 1. The summed E-state index contributed by atoms with van der Waals surface area (Å²) in [5.74, 6) is -1.30. The van der Waals surface area contributed by atoms with Crippen LogP contribution in [0.3, 0.4) is 0 Å². The zero-order chi connectivity index (χ0) is 6.20. The van der Waals surface area contributed by atoms with E-state index in [-0.39, 0.29) is 12.8 Å². The second-order valence-electron chi connectivity index (χ2n) is 2.12. The molecular weight excluding hydrogens is 111 g/mol. The third-order valence-corrected chi connectivity index (χ3v) is 1.53. The number of rotatable bonds is 1. The Morgan fingerprint density at radius 3 is 2.12 bits per heavy atom. The van der Waals surface area contributed by atoms with Gasteiger partial charge < -0.3 is 5.11 Å². The molecular formula is C5H7FO2. The maximum atomic E-state index is 12.4. The molecule has 1 saturated carbocycles. The lowest BCUT2D eigenvalue weighted by Gasteiger charge is -2.28. The first-order valence-electron chi connectivity index (χ1n) is 2.57. The van der Waals surface area contributed by atoms with E-state index in [9.17, 15) is 9.18 Å². The molecule has 1 aliphatic rings. The summed E-state index contributed by atoms with van der Waals surface area (Å²) in [7, 11) is 0. The first kappa shape index (κ1) is 5.54. The van der Waals surface area contributed by atoms with Gasteiger partial charge in [0.1, 0.15) is 0 Å². The summed E-state index contributed by atoms with van der Waals surface area (Å²) in [5.41, 5.74) is -1.86. The summed E-state index contributed by atoms with van der Waals surface area (Å²) in [6, 6.07) is 0. The van der Waals surface area contributed by atoms with Crippen molar-refractivity contribution < 1.29 is 14.3 Å². The average Bonchev–Trinajstić information content (AvgIpc) is 1.60. The van der Waals surface area contributed by atoms with E-state index in [1.807, 2.05) is 0 Å². The summed E-state index contributed by atoms with van der Waals surface area (Å²) in [4.78, 5) is 9.93. The second kappa shape index (κ2) is 1.44. The lowest BCUT2D eigenvalue weighted by atomic mass is 9.82. The Balaban J connectivity index is 2.53. The number of carbonyl (C=O) groups is 1. The van der Waals surface area contributed by atoms with E-state index in [0.29, 0.717) is 6.42 Å². The maximum absolute atomic E-state index is 12.4. The van der Waals surface area contributed by atoms with Crippen LogP contribution >= 0.6 is 0 Å². The van der Waals surface area contributed by atoms with Crippen LogP contribution in [0, 0.1) is 0 Å². The molecule has 3 heteroatoms. The molecule has 0 aliphatic heterocycles. The smallest absolute Gasteiger partial charge is 0.341 e. The largest absolute Gasteiger partial charge is 0.479 e. The van der Waals surface area contributed by atoms with Crippen LogP contribution in [0.2, 0.25) is 0 Å². The molecule has 0 bridgehead atoms. The maximum Gasteiger partial charge on any atom is 0.341 e. The van der Waals surface area contributed by atoms with Crippen LogP contribution < -0.4 is 0 Å². The molecule has 2 nitrogen and oxygen atoms in total. The Morgan fingerprint density at radius 1 is 1.62 bits per heavy atom. The SMILES string of the molecule is O=C(O)C1(F)CCC1. The highest BCUT2D eigenvalue weighted by molar-refractivity contribution is 5.78. The minimum atomic E-state index is -1.86. The van der Waals surface area contributed by atoms with E-state index in [2.05, 4.69) is 0 Å². The fraction of sp³-hybridized carbons (Fsp3) is 0.800. The number of carboxylic acids is 1. The van der Waals surface area contributed by atoms with Crippen LogP contribution in [-0.2, 0) is 4.79 Å². The highest BCUT2D eigenvalue weighted by Crippen LogP contribution is 2.35. The van der Waals surface area contributed by atoms with Gasteiger partial charge in [0.2, 0.25) is 5.67 Å². The standard InChI is InChI=1S/C5H7FO2/c6-5(4(7)8)2-1-3-5/h1-3H2,(H,7,8). The number of hydrogen-bond donors (Lipinski definition) is 1. The Morgan fingerprint density at radius 2 is 2.12 bits per heavy atom. The van der Waals surface area contributed by atoms with Crippen LogP contribution in [0.15, 0.2) is 0 Å². The van der Waals surface area contributed by atoms with Crippen LogP contribution in [0.4, 0.5) is 4.39 Å². The van der Waals surface area contributed by atoms with Crippen molar-refractivity contribution in [2.75, 3.05) is 0 Å². The van der Waals surface area contributed by atoms with Crippen molar-refractivity contribution in [2.45, 2.75) is 24.9 Å². The summed E-state index contributed by atoms with van der Waals surface area (Å²) in [6.45, 7) is 0. The Labute approximate surface area is 46.3 Å². The Kier molecular flexibility index (Phi) is 0.994. The van der Waals surface area contributed by atoms with Gasteiger partial charge in [0, 0.05) is 0 Å². The van der Waals surface area contributed by atoms with Gasteiger partial charge in [0.25, 0.3) is 0 Å². The highest BCUT2D eigenvalue weighted by Gasteiger charge is 2.44. The lowest BCUT2D eigenvalue weighted by Crippen LogP contribution is -2.40. The van der Waals surface area contributed by atoms with Gasteiger partial charge >= 0.3 is 5.97 Å². The molecule has 8 heavy (non-hydrogen) atoms. The summed E-state index contributed by atoms with van der Waals surface area (Å²) >= 11 is 0. The molecule has 46 valence electrons. The van der Waals surface area contributed by atoms with Crippen molar-refractivity contribution >= 4 is 5.97 Å². The summed E-state index contributed by atoms with van der Waals surface area (Å²) < 4.78 is 12.4. The van der Waals surface area contributed by atoms with Crippen LogP contribution in [0.5, 0.6) is 0 Å². The van der Waals surface area contributed by atoms with Gasteiger partial charge in [-0.15, -0.1) is 0 Å². The van der Waals surface area contributed by atoms with Crippen LogP contribution in [-0.4, -0.2) is 16.7 Å². The Bertz CT molecular complexity index is 118. The van der Waals surface area contributed by atoms with Gasteiger partial charge in [-0.05, 0) is 19.3 Å². The van der Waals surface area contributed by atoms with Crippen LogP contribution in [0.25, 0.3) is 0 Å². The molecule has 0 aromatic carbocycles. The van der Waals surface area contributed by atoms with E-state index >= 15 is 0 Å². The van der Waals surface area contributed by atoms with E-state index < -0.39 is 11.6 Å². The fourth-order valence-electron chi connectivity index (χ4n) is 0.701. The second-order valence-corrected chi connectivity index (χ2v) is 2.12. The lowest BCUT2D eigenvalue weighted by molar-refractivity contribution is -0.156. The van der Waals surface area contributed by atoms with Crippen molar-refractivity contribution in [1.82, 2.24) is 0 Å². The third kappa shape index (κ3) is 0.582. The molecule has 0 aromatic rings. The van der Waals surface area contributed by atoms with Gasteiger partial charge in [-0.1, -0.05) is 0 Å².